The minimum atomic E-state index is -0.941. The Morgan fingerprint density at radius 3 is 2.65 bits per heavy atom. The quantitative estimate of drug-likeness (QED) is 0.623. The van der Waals surface area contributed by atoms with Crippen LogP contribution < -0.4 is 0 Å². The normalized spacial score (nSPS) is 11.1. The Labute approximate surface area is 132 Å². The molecule has 0 aliphatic rings. The number of benzene rings is 2. The highest BCUT2D eigenvalue weighted by atomic mass is 16.4. The smallest absolute Gasteiger partial charge is 0.352 e. The van der Waals surface area contributed by atoms with Crippen molar-refractivity contribution >= 4 is 27.8 Å². The lowest BCUT2D eigenvalue weighted by Crippen LogP contribution is -2.10. The molecule has 0 radical (unpaired) electrons. The number of hydrogen-bond donors (Lipinski definition) is 1. The highest BCUT2D eigenvalue weighted by molar-refractivity contribution is 5.93. The van der Waals surface area contributed by atoms with Crippen LogP contribution in [0.5, 0.6) is 0 Å². The van der Waals surface area contributed by atoms with Crippen LogP contribution in [0.15, 0.2) is 66.9 Å². The molecule has 0 fully saturated rings. The molecule has 0 spiro atoms. The highest BCUT2D eigenvalue weighted by Crippen LogP contribution is 2.23. The van der Waals surface area contributed by atoms with E-state index in [-0.39, 0.29) is 5.69 Å². The van der Waals surface area contributed by atoms with Crippen LogP contribution in [0.2, 0.25) is 0 Å². The lowest BCUT2D eigenvalue weighted by atomic mass is 10.0. The molecule has 0 bridgehead atoms. The fourth-order valence-electron chi connectivity index (χ4n) is 3.02. The summed E-state index contributed by atoms with van der Waals surface area (Å²) < 4.78 is 1.76. The van der Waals surface area contributed by atoms with Crippen LogP contribution >= 0.6 is 0 Å². The Hall–Kier alpha value is -3.14. The Kier molecular flexibility index (Phi) is 3.08. The first-order valence-corrected chi connectivity index (χ1v) is 7.38. The summed E-state index contributed by atoms with van der Waals surface area (Å²) in [6.45, 7) is 0.476. The topological polar surface area (TPSA) is 55.1 Å². The van der Waals surface area contributed by atoms with Gasteiger partial charge in [-0.05, 0) is 34.5 Å². The molecule has 0 amide bonds. The van der Waals surface area contributed by atoms with E-state index in [1.807, 2.05) is 36.4 Å². The van der Waals surface area contributed by atoms with E-state index in [0.29, 0.717) is 12.2 Å². The number of aromatic carboxylic acids is 1. The molecule has 1 N–H and O–H groups in total. The van der Waals surface area contributed by atoms with Gasteiger partial charge in [-0.15, -0.1) is 0 Å². The van der Waals surface area contributed by atoms with Gasteiger partial charge in [-0.1, -0.05) is 42.5 Å². The second-order valence-corrected chi connectivity index (χ2v) is 5.48. The van der Waals surface area contributed by atoms with Crippen LogP contribution in [0.4, 0.5) is 0 Å². The Morgan fingerprint density at radius 2 is 1.78 bits per heavy atom. The number of hydrogen-bond acceptors (Lipinski definition) is 2. The molecule has 23 heavy (non-hydrogen) atoms. The number of carbonyl (C=O) groups is 1. The third-order valence-corrected chi connectivity index (χ3v) is 4.08. The molecule has 4 rings (SSSR count). The number of fused-ring (bicyclic) bond motifs is 2. The number of rotatable bonds is 3. The van der Waals surface area contributed by atoms with Crippen molar-refractivity contribution in [2.75, 3.05) is 0 Å². The van der Waals surface area contributed by atoms with E-state index in [0.717, 1.165) is 21.7 Å². The monoisotopic (exact) mass is 302 g/mol. The Morgan fingerprint density at radius 1 is 1.00 bits per heavy atom. The number of aromatic nitrogens is 2. The summed E-state index contributed by atoms with van der Waals surface area (Å²) in [5.74, 6) is -0.941. The average molecular weight is 302 g/mol. The summed E-state index contributed by atoms with van der Waals surface area (Å²) in [5, 5.41) is 12.6. The SMILES string of the molecule is O=C(O)c1cc2cccnc2n1Cc1cccc2ccccc12. The van der Waals surface area contributed by atoms with Gasteiger partial charge >= 0.3 is 5.97 Å². The summed E-state index contributed by atoms with van der Waals surface area (Å²) in [5.41, 5.74) is 2.03. The summed E-state index contributed by atoms with van der Waals surface area (Å²) >= 11 is 0. The summed E-state index contributed by atoms with van der Waals surface area (Å²) in [6.07, 6.45) is 1.69. The van der Waals surface area contributed by atoms with Gasteiger partial charge in [-0.2, -0.15) is 0 Å². The van der Waals surface area contributed by atoms with Gasteiger partial charge in [0.2, 0.25) is 0 Å². The highest BCUT2D eigenvalue weighted by Gasteiger charge is 2.16. The van der Waals surface area contributed by atoms with Crippen molar-refractivity contribution in [3.05, 3.63) is 78.1 Å². The van der Waals surface area contributed by atoms with E-state index in [2.05, 4.69) is 23.2 Å². The zero-order valence-electron chi connectivity index (χ0n) is 12.3. The number of nitrogens with zero attached hydrogens (tertiary/aromatic N) is 2. The van der Waals surface area contributed by atoms with E-state index in [1.54, 1.807) is 16.8 Å². The third-order valence-electron chi connectivity index (χ3n) is 4.08. The molecule has 0 saturated heterocycles. The van der Waals surface area contributed by atoms with Crippen molar-refractivity contribution in [3.8, 4) is 0 Å². The minimum Gasteiger partial charge on any atom is -0.477 e. The average Bonchev–Trinajstić information content (AvgIpc) is 2.94. The van der Waals surface area contributed by atoms with Gasteiger partial charge in [0.1, 0.15) is 11.3 Å². The van der Waals surface area contributed by atoms with Crippen LogP contribution in [0, 0.1) is 0 Å². The van der Waals surface area contributed by atoms with Crippen molar-refractivity contribution in [3.63, 3.8) is 0 Å². The van der Waals surface area contributed by atoms with E-state index < -0.39 is 5.97 Å². The van der Waals surface area contributed by atoms with Crippen LogP contribution in [-0.4, -0.2) is 20.6 Å². The fraction of sp³-hybridized carbons (Fsp3) is 0.0526. The molecule has 4 aromatic rings. The third kappa shape index (κ3) is 2.25. The van der Waals surface area contributed by atoms with Crippen LogP contribution in [-0.2, 0) is 6.54 Å². The lowest BCUT2D eigenvalue weighted by molar-refractivity contribution is 0.0686. The second kappa shape index (κ2) is 5.25. The van der Waals surface area contributed by atoms with Crippen LogP contribution in [0.25, 0.3) is 21.8 Å². The maximum atomic E-state index is 11.6. The summed E-state index contributed by atoms with van der Waals surface area (Å²) in [6, 6.07) is 19.6. The molecule has 0 unspecified atom stereocenters. The summed E-state index contributed by atoms with van der Waals surface area (Å²) in [4.78, 5) is 16.0. The van der Waals surface area contributed by atoms with Crippen molar-refractivity contribution < 1.29 is 9.90 Å². The molecule has 0 aliphatic heterocycles. The van der Waals surface area contributed by atoms with E-state index in [4.69, 9.17) is 0 Å². The van der Waals surface area contributed by atoms with Crippen molar-refractivity contribution in [1.29, 1.82) is 0 Å². The first kappa shape index (κ1) is 13.5. The van der Waals surface area contributed by atoms with Gasteiger partial charge in [0.15, 0.2) is 0 Å². The van der Waals surface area contributed by atoms with Gasteiger partial charge in [0.05, 0.1) is 6.54 Å². The molecule has 4 nitrogen and oxygen atoms in total. The molecule has 2 heterocycles. The minimum absolute atomic E-state index is 0.256. The molecule has 4 heteroatoms. The van der Waals surface area contributed by atoms with Gasteiger partial charge in [0, 0.05) is 11.6 Å². The van der Waals surface area contributed by atoms with Crippen molar-refractivity contribution in [1.82, 2.24) is 9.55 Å². The number of pyridine rings is 1. The largest absolute Gasteiger partial charge is 0.477 e. The van der Waals surface area contributed by atoms with Gasteiger partial charge in [0.25, 0.3) is 0 Å². The van der Waals surface area contributed by atoms with E-state index in [9.17, 15) is 9.90 Å². The van der Waals surface area contributed by atoms with Gasteiger partial charge < -0.3 is 9.67 Å². The van der Waals surface area contributed by atoms with E-state index >= 15 is 0 Å². The maximum Gasteiger partial charge on any atom is 0.352 e. The molecule has 0 saturated carbocycles. The molecule has 2 aromatic carbocycles. The first-order chi connectivity index (χ1) is 11.2. The fourth-order valence-corrected chi connectivity index (χ4v) is 3.02. The van der Waals surface area contributed by atoms with Crippen molar-refractivity contribution in [2.45, 2.75) is 6.54 Å². The van der Waals surface area contributed by atoms with Crippen LogP contribution in [0.3, 0.4) is 0 Å². The second-order valence-electron chi connectivity index (χ2n) is 5.48. The zero-order valence-corrected chi connectivity index (χ0v) is 12.3. The van der Waals surface area contributed by atoms with Gasteiger partial charge in [-0.25, -0.2) is 9.78 Å². The zero-order chi connectivity index (χ0) is 15.8. The van der Waals surface area contributed by atoms with Gasteiger partial charge in [-0.3, -0.25) is 0 Å². The Bertz CT molecular complexity index is 1030. The Balaban J connectivity index is 1.92. The van der Waals surface area contributed by atoms with E-state index in [1.165, 1.54) is 0 Å². The van der Waals surface area contributed by atoms with Crippen LogP contribution in [0.1, 0.15) is 16.1 Å². The predicted octanol–water partition coefficient (Wildman–Crippen LogP) is 3.94. The lowest BCUT2D eigenvalue weighted by Gasteiger charge is -2.10. The predicted molar refractivity (Wildman–Crippen MR) is 89.7 cm³/mol. The number of carboxylic acids is 1. The van der Waals surface area contributed by atoms with Crippen molar-refractivity contribution in [2.24, 2.45) is 0 Å². The molecule has 0 aliphatic carbocycles. The molecular weight excluding hydrogens is 288 g/mol. The standard InChI is InChI=1S/C19H14N2O2/c22-19(23)17-11-14-8-4-10-20-18(14)21(17)12-15-7-3-6-13-5-1-2-9-16(13)15/h1-11H,12H2,(H,22,23). The first-order valence-electron chi connectivity index (χ1n) is 7.38. The molecular formula is C19H14N2O2. The summed E-state index contributed by atoms with van der Waals surface area (Å²) in [7, 11) is 0. The molecule has 112 valence electrons. The number of carboxylic acid groups (broad SMARTS) is 1. The molecule has 2 aromatic heterocycles. The molecule has 0 atom stereocenters. The maximum absolute atomic E-state index is 11.6.